The number of halogens is 1. The molecule has 60 valence electrons. The van der Waals surface area contributed by atoms with Crippen LogP contribution in [-0.4, -0.2) is 11.8 Å². The summed E-state index contributed by atoms with van der Waals surface area (Å²) >= 11 is 0. The molecule has 0 aliphatic carbocycles. The first-order valence-electron chi connectivity index (χ1n) is 3.92. The lowest BCUT2D eigenvalue weighted by Gasteiger charge is -2.05. The zero-order valence-corrected chi connectivity index (χ0v) is 6.34. The van der Waals surface area contributed by atoms with Crippen LogP contribution in [0.25, 0.3) is 0 Å². The minimum Gasteiger partial charge on any atom is -0.386 e. The highest BCUT2D eigenvalue weighted by atomic mass is 19.1. The molecule has 1 rings (SSSR count). The van der Waals surface area contributed by atoms with Crippen LogP contribution >= 0.6 is 0 Å². The fourth-order valence-corrected chi connectivity index (χ4v) is 0.823. The first kappa shape index (κ1) is 6.80. The fourth-order valence-electron chi connectivity index (χ4n) is 0.823. The van der Waals surface area contributed by atoms with Crippen molar-refractivity contribution in [2.24, 2.45) is 0 Å². The lowest BCUT2D eigenvalue weighted by atomic mass is 10.1. The Morgan fingerprint density at radius 3 is 2.55 bits per heavy atom. The molecule has 0 aliphatic rings. The van der Waals surface area contributed by atoms with Gasteiger partial charge in [-0.3, -0.25) is 0 Å². The lowest BCUT2D eigenvalue weighted by Crippen LogP contribution is -1.98. The number of alkyl halides is 1. The molecule has 0 bridgehead atoms. The summed E-state index contributed by atoms with van der Waals surface area (Å²) in [5.74, 6) is 0. The molecular formula is C9H11FO. The molecule has 1 atom stereocenters. The van der Waals surface area contributed by atoms with Crippen LogP contribution in [0, 0.1) is 6.92 Å². The first-order valence-corrected chi connectivity index (χ1v) is 3.42. The summed E-state index contributed by atoms with van der Waals surface area (Å²) in [4.78, 5) is 0. The second-order valence-electron chi connectivity index (χ2n) is 2.45. The molecule has 1 aromatic rings. The number of hydrogen-bond donors (Lipinski definition) is 1. The molecule has 2 heteroatoms. The summed E-state index contributed by atoms with van der Waals surface area (Å²) in [7, 11) is 0. The van der Waals surface area contributed by atoms with Gasteiger partial charge in [-0.25, -0.2) is 4.39 Å². The van der Waals surface area contributed by atoms with Gasteiger partial charge in [0.2, 0.25) is 0 Å². The summed E-state index contributed by atoms with van der Waals surface area (Å²) in [6, 6.07) is 6.60. The van der Waals surface area contributed by atoms with Crippen LogP contribution in [0.15, 0.2) is 24.3 Å². The van der Waals surface area contributed by atoms with E-state index >= 15 is 0 Å². The van der Waals surface area contributed by atoms with E-state index in [-0.39, 0.29) is 5.56 Å². The van der Waals surface area contributed by atoms with Gasteiger partial charge in [0.15, 0.2) is 0 Å². The average molecular weight is 155 g/mol. The topological polar surface area (TPSA) is 20.2 Å². The Morgan fingerprint density at radius 2 is 2.09 bits per heavy atom. The van der Waals surface area contributed by atoms with Crippen molar-refractivity contribution < 1.29 is 10.9 Å². The Hall–Kier alpha value is -0.890. The minimum atomic E-state index is -2.09. The van der Waals surface area contributed by atoms with Crippen molar-refractivity contribution in [1.82, 2.24) is 0 Å². The largest absolute Gasteiger partial charge is 0.386 e. The van der Waals surface area contributed by atoms with Crippen LogP contribution in [0.1, 0.15) is 18.6 Å². The molecule has 0 heterocycles. The van der Waals surface area contributed by atoms with Gasteiger partial charge in [0.1, 0.15) is 12.8 Å². The van der Waals surface area contributed by atoms with E-state index in [0.717, 1.165) is 5.56 Å². The highest BCUT2D eigenvalue weighted by molar-refractivity contribution is 5.22. The first-order chi connectivity index (χ1) is 5.56. The third-order valence-electron chi connectivity index (χ3n) is 1.51. The Balaban J connectivity index is 2.96. The lowest BCUT2D eigenvalue weighted by molar-refractivity contribution is 0.142. The zero-order chi connectivity index (χ0) is 9.19. The van der Waals surface area contributed by atoms with Crippen LogP contribution in [0.5, 0.6) is 0 Å². The number of rotatable bonds is 2. The van der Waals surface area contributed by atoms with Gasteiger partial charge in [-0.2, -0.15) is 0 Å². The van der Waals surface area contributed by atoms with E-state index < -0.39 is 12.8 Å². The molecule has 11 heavy (non-hydrogen) atoms. The summed E-state index contributed by atoms with van der Waals surface area (Å²) in [5, 5.41) is 9.18. The molecule has 1 N–H and O–H groups in total. The van der Waals surface area contributed by atoms with Gasteiger partial charge in [-0.1, -0.05) is 29.8 Å². The third-order valence-corrected chi connectivity index (χ3v) is 1.51. The third kappa shape index (κ3) is 2.02. The molecule has 0 saturated carbocycles. The summed E-state index contributed by atoms with van der Waals surface area (Å²) in [6.45, 7) is 0.804. The molecule has 0 fully saturated rings. The fraction of sp³-hybridized carbons (Fsp3) is 0.333. The van der Waals surface area contributed by atoms with E-state index in [2.05, 4.69) is 0 Å². The molecule has 0 aromatic heterocycles. The minimum absolute atomic E-state index is 0.288. The Bertz CT molecular complexity index is 256. The van der Waals surface area contributed by atoms with Crippen LogP contribution in [0.4, 0.5) is 4.39 Å². The second-order valence-corrected chi connectivity index (χ2v) is 2.45. The summed E-state index contributed by atoms with van der Waals surface area (Å²) in [5.41, 5.74) is 1.31. The Labute approximate surface area is 66.9 Å². The van der Waals surface area contributed by atoms with Crippen molar-refractivity contribution in [2.45, 2.75) is 13.0 Å². The van der Waals surface area contributed by atoms with Crippen LogP contribution in [0.3, 0.4) is 0 Å². The smallest absolute Gasteiger partial charge is 0.119 e. The van der Waals surface area contributed by atoms with Gasteiger partial charge >= 0.3 is 0 Å². The van der Waals surface area contributed by atoms with E-state index in [1.165, 1.54) is 0 Å². The van der Waals surface area contributed by atoms with Crippen molar-refractivity contribution >= 4 is 0 Å². The maximum Gasteiger partial charge on any atom is 0.119 e. The normalized spacial score (nSPS) is 17.2. The SMILES string of the molecule is [2H]C(O)(CF)c1ccc(C)cc1. The maximum absolute atomic E-state index is 12.1. The predicted octanol–water partition coefficient (Wildman–Crippen LogP) is 2.00. The second kappa shape index (κ2) is 3.49. The Kier molecular flexibility index (Phi) is 2.15. The molecule has 0 aliphatic heterocycles. The van der Waals surface area contributed by atoms with Crippen molar-refractivity contribution in [1.29, 1.82) is 0 Å². The number of benzene rings is 1. The van der Waals surface area contributed by atoms with Crippen molar-refractivity contribution in [3.05, 3.63) is 35.4 Å². The van der Waals surface area contributed by atoms with Crippen molar-refractivity contribution in [3.8, 4) is 0 Å². The molecule has 0 saturated heterocycles. The molecule has 1 aromatic carbocycles. The van der Waals surface area contributed by atoms with Crippen molar-refractivity contribution in [2.75, 3.05) is 6.67 Å². The van der Waals surface area contributed by atoms with Gasteiger partial charge in [-0.05, 0) is 12.5 Å². The van der Waals surface area contributed by atoms with Crippen LogP contribution in [0.2, 0.25) is 0 Å². The van der Waals surface area contributed by atoms with Crippen molar-refractivity contribution in [3.63, 3.8) is 0 Å². The molecule has 1 nitrogen and oxygen atoms in total. The summed E-state index contributed by atoms with van der Waals surface area (Å²) < 4.78 is 19.3. The standard InChI is InChI=1S/C9H11FO/c1-7-2-4-8(5-3-7)9(11)6-10/h2-5,9,11H,6H2,1H3/i9D. The van der Waals surface area contributed by atoms with Crippen LogP contribution in [-0.2, 0) is 0 Å². The van der Waals surface area contributed by atoms with E-state index in [9.17, 15) is 9.50 Å². The monoisotopic (exact) mass is 155 g/mol. The van der Waals surface area contributed by atoms with Gasteiger partial charge in [0, 0.05) is 0 Å². The highest BCUT2D eigenvalue weighted by Gasteiger charge is 2.04. The zero-order valence-electron chi connectivity index (χ0n) is 7.34. The molecule has 0 amide bonds. The molecule has 0 spiro atoms. The van der Waals surface area contributed by atoms with Crippen LogP contribution < -0.4 is 0 Å². The van der Waals surface area contributed by atoms with Gasteiger partial charge < -0.3 is 5.11 Å². The van der Waals surface area contributed by atoms with Gasteiger partial charge in [-0.15, -0.1) is 0 Å². The summed E-state index contributed by atoms with van der Waals surface area (Å²) in [6.07, 6.45) is -2.09. The van der Waals surface area contributed by atoms with E-state index in [1.54, 1.807) is 24.3 Å². The van der Waals surface area contributed by atoms with Gasteiger partial charge in [0.05, 0.1) is 1.37 Å². The maximum atomic E-state index is 12.1. The highest BCUT2D eigenvalue weighted by Crippen LogP contribution is 2.13. The molecular weight excluding hydrogens is 143 g/mol. The quantitative estimate of drug-likeness (QED) is 0.692. The predicted molar refractivity (Wildman–Crippen MR) is 42.1 cm³/mol. The van der Waals surface area contributed by atoms with E-state index in [0.29, 0.717) is 0 Å². The number of aryl methyl sites for hydroxylation is 1. The van der Waals surface area contributed by atoms with E-state index in [1.807, 2.05) is 6.92 Å². The van der Waals surface area contributed by atoms with E-state index in [4.69, 9.17) is 1.37 Å². The number of aliphatic hydroxyl groups is 1. The Morgan fingerprint density at radius 1 is 1.55 bits per heavy atom. The average Bonchev–Trinajstić information content (AvgIpc) is 2.05. The number of hydrogen-bond acceptors (Lipinski definition) is 1. The van der Waals surface area contributed by atoms with Gasteiger partial charge in [0.25, 0.3) is 0 Å². The molecule has 1 unspecified atom stereocenters. The molecule has 0 radical (unpaired) electrons.